The molecule has 2 rings (SSSR count). The molecule has 0 radical (unpaired) electrons. The van der Waals surface area contributed by atoms with E-state index in [2.05, 4.69) is 43.4 Å². The van der Waals surface area contributed by atoms with E-state index in [0.717, 1.165) is 30.6 Å². The predicted octanol–water partition coefficient (Wildman–Crippen LogP) is 6.53. The Labute approximate surface area is 203 Å². The minimum Gasteiger partial charge on any atom is -0.466 e. The number of esters is 1. The fourth-order valence-electron chi connectivity index (χ4n) is 4.30. The highest BCUT2D eigenvalue weighted by atomic mass is 32.2. The molecular weight excluding hydrogens is 432 g/mol. The van der Waals surface area contributed by atoms with Gasteiger partial charge < -0.3 is 9.84 Å². The van der Waals surface area contributed by atoms with Crippen LogP contribution in [0.3, 0.4) is 0 Å². The van der Waals surface area contributed by atoms with Gasteiger partial charge in [0.25, 0.3) is 0 Å². The number of carbonyl (C=O) groups is 2. The zero-order valence-electron chi connectivity index (χ0n) is 20.2. The molecule has 0 aliphatic heterocycles. The van der Waals surface area contributed by atoms with E-state index >= 15 is 0 Å². The third kappa shape index (κ3) is 9.89. The Hall–Kier alpha value is -1.85. The summed E-state index contributed by atoms with van der Waals surface area (Å²) in [4.78, 5) is 25.5. The number of ketones is 1. The van der Waals surface area contributed by atoms with Crippen molar-refractivity contribution in [3.8, 4) is 0 Å². The highest BCUT2D eigenvalue weighted by molar-refractivity contribution is 8.00. The average Bonchev–Trinajstić information content (AvgIpc) is 3.08. The molecule has 1 saturated carbocycles. The molecule has 1 aliphatic carbocycles. The van der Waals surface area contributed by atoms with E-state index in [0.29, 0.717) is 19.4 Å². The van der Waals surface area contributed by atoms with Gasteiger partial charge in [0.15, 0.2) is 0 Å². The van der Waals surface area contributed by atoms with Crippen molar-refractivity contribution in [1.29, 1.82) is 0 Å². The molecule has 0 amide bonds. The second-order valence-electron chi connectivity index (χ2n) is 8.65. The summed E-state index contributed by atoms with van der Waals surface area (Å²) in [5.74, 6) is -0.277. The van der Waals surface area contributed by atoms with Gasteiger partial charge in [-0.05, 0) is 57.1 Å². The fourth-order valence-corrected chi connectivity index (χ4v) is 5.62. The SMILES string of the molecule is CCCCC/C=C/[C@@H](Sc1ccccc1)[C@@H]1C(=O)C[C@H](O)[C@@H]1C/C=C\CCCC(=O)OCC. The topological polar surface area (TPSA) is 63.6 Å². The Morgan fingerprint density at radius 1 is 1.12 bits per heavy atom. The van der Waals surface area contributed by atoms with Crippen molar-refractivity contribution in [2.24, 2.45) is 11.8 Å². The molecule has 0 saturated heterocycles. The van der Waals surface area contributed by atoms with E-state index in [1.165, 1.54) is 12.8 Å². The number of unbranched alkanes of at least 4 members (excludes halogenated alkanes) is 4. The van der Waals surface area contributed by atoms with Gasteiger partial charge in [0, 0.05) is 28.9 Å². The van der Waals surface area contributed by atoms with Crippen LogP contribution < -0.4 is 0 Å². The largest absolute Gasteiger partial charge is 0.466 e. The van der Waals surface area contributed by atoms with Crippen molar-refractivity contribution in [1.82, 2.24) is 0 Å². The molecule has 4 nitrogen and oxygen atoms in total. The summed E-state index contributed by atoms with van der Waals surface area (Å²) in [5.41, 5.74) is 0. The number of thioether (sulfide) groups is 1. The number of Topliss-reactive ketones (excluding diaryl/α,β-unsaturated/α-hetero) is 1. The predicted molar refractivity (Wildman–Crippen MR) is 136 cm³/mol. The first-order valence-corrected chi connectivity index (χ1v) is 13.3. The molecule has 0 unspecified atom stereocenters. The summed E-state index contributed by atoms with van der Waals surface area (Å²) in [7, 11) is 0. The second kappa shape index (κ2) is 15.9. The lowest BCUT2D eigenvalue weighted by Crippen LogP contribution is -2.28. The van der Waals surface area contributed by atoms with Crippen LogP contribution in [0.4, 0.5) is 0 Å². The van der Waals surface area contributed by atoms with Crippen LogP contribution in [0.25, 0.3) is 0 Å². The van der Waals surface area contributed by atoms with Crippen molar-refractivity contribution >= 4 is 23.5 Å². The molecule has 182 valence electrons. The Kier molecular flexibility index (Phi) is 13.2. The zero-order valence-corrected chi connectivity index (χ0v) is 21.0. The second-order valence-corrected chi connectivity index (χ2v) is 9.90. The summed E-state index contributed by atoms with van der Waals surface area (Å²) >= 11 is 1.72. The smallest absolute Gasteiger partial charge is 0.305 e. The summed E-state index contributed by atoms with van der Waals surface area (Å²) in [6, 6.07) is 10.2. The molecule has 33 heavy (non-hydrogen) atoms. The van der Waals surface area contributed by atoms with Gasteiger partial charge in [0.2, 0.25) is 0 Å². The Morgan fingerprint density at radius 2 is 1.88 bits per heavy atom. The van der Waals surface area contributed by atoms with Crippen LogP contribution in [0.1, 0.15) is 71.6 Å². The summed E-state index contributed by atoms with van der Waals surface area (Å²) in [6.45, 7) is 4.43. The Balaban J connectivity index is 2.02. The first kappa shape index (κ1) is 27.4. The third-order valence-electron chi connectivity index (χ3n) is 6.04. The average molecular weight is 473 g/mol. The van der Waals surface area contributed by atoms with E-state index in [4.69, 9.17) is 4.74 Å². The molecular formula is C28H40O4S. The summed E-state index contributed by atoms with van der Waals surface area (Å²) < 4.78 is 4.96. The first-order valence-electron chi connectivity index (χ1n) is 12.5. The lowest BCUT2D eigenvalue weighted by Gasteiger charge is -2.26. The van der Waals surface area contributed by atoms with Crippen LogP contribution in [0.15, 0.2) is 59.5 Å². The number of benzene rings is 1. The van der Waals surface area contributed by atoms with Gasteiger partial charge in [-0.3, -0.25) is 9.59 Å². The molecule has 1 aromatic carbocycles. The maximum absolute atomic E-state index is 13.0. The zero-order chi connectivity index (χ0) is 23.9. The third-order valence-corrected chi connectivity index (χ3v) is 7.31. The number of rotatable bonds is 15. The maximum atomic E-state index is 13.0. The molecule has 0 spiro atoms. The normalized spacial score (nSPS) is 21.8. The molecule has 1 aromatic rings. The number of hydrogen-bond donors (Lipinski definition) is 1. The van der Waals surface area contributed by atoms with Gasteiger partial charge in [-0.1, -0.05) is 62.3 Å². The molecule has 4 atom stereocenters. The quantitative estimate of drug-likeness (QED) is 0.136. The van der Waals surface area contributed by atoms with Crippen molar-refractivity contribution in [3.05, 3.63) is 54.6 Å². The first-order chi connectivity index (χ1) is 16.1. The van der Waals surface area contributed by atoms with E-state index in [-0.39, 0.29) is 35.3 Å². The van der Waals surface area contributed by atoms with Gasteiger partial charge in [-0.2, -0.15) is 0 Å². The van der Waals surface area contributed by atoms with Crippen molar-refractivity contribution in [2.45, 2.75) is 87.9 Å². The summed E-state index contributed by atoms with van der Waals surface area (Å²) in [6.07, 6.45) is 15.4. The standard InChI is InChI=1S/C28H40O4S/c1-3-5-6-7-14-19-26(33-22-16-11-10-12-17-22)28-23(24(29)21-25(28)30)18-13-8-9-15-20-27(31)32-4-2/h8,10-14,16-17,19,23-24,26,28-29H,3-7,9,15,18,20-21H2,1-2H3/b13-8-,19-14+/t23-,24-,26+,28-/m0/s1. The fraction of sp³-hybridized carbons (Fsp3) is 0.571. The van der Waals surface area contributed by atoms with Crippen LogP contribution in [0.2, 0.25) is 0 Å². The van der Waals surface area contributed by atoms with E-state index in [9.17, 15) is 14.7 Å². The number of ether oxygens (including phenoxy) is 1. The van der Waals surface area contributed by atoms with Crippen molar-refractivity contribution < 1.29 is 19.4 Å². The number of carbonyl (C=O) groups excluding carboxylic acids is 2. The maximum Gasteiger partial charge on any atom is 0.305 e. The van der Waals surface area contributed by atoms with Gasteiger partial charge in [-0.25, -0.2) is 0 Å². The van der Waals surface area contributed by atoms with Gasteiger partial charge >= 0.3 is 5.97 Å². The highest BCUT2D eigenvalue weighted by Crippen LogP contribution is 2.41. The molecule has 0 aromatic heterocycles. The van der Waals surface area contributed by atoms with Gasteiger partial charge in [0.1, 0.15) is 5.78 Å². The van der Waals surface area contributed by atoms with E-state index < -0.39 is 6.10 Å². The Bertz CT molecular complexity index is 758. The van der Waals surface area contributed by atoms with E-state index in [1.807, 2.05) is 25.1 Å². The monoisotopic (exact) mass is 472 g/mol. The minimum absolute atomic E-state index is 0.0147. The minimum atomic E-state index is -0.598. The number of hydrogen-bond acceptors (Lipinski definition) is 5. The molecule has 1 N–H and O–H groups in total. The van der Waals surface area contributed by atoms with E-state index in [1.54, 1.807) is 11.8 Å². The highest BCUT2D eigenvalue weighted by Gasteiger charge is 2.44. The van der Waals surface area contributed by atoms with Gasteiger partial charge in [0.05, 0.1) is 12.7 Å². The number of allylic oxidation sites excluding steroid dienone is 3. The molecule has 0 heterocycles. The lowest BCUT2D eigenvalue weighted by atomic mass is 9.87. The molecule has 0 bridgehead atoms. The molecule has 5 heteroatoms. The van der Waals surface area contributed by atoms with Crippen molar-refractivity contribution in [3.63, 3.8) is 0 Å². The number of aliphatic hydroxyl groups excluding tert-OH is 1. The van der Waals surface area contributed by atoms with Crippen LogP contribution in [-0.4, -0.2) is 34.8 Å². The van der Waals surface area contributed by atoms with Crippen LogP contribution in [0.5, 0.6) is 0 Å². The van der Waals surface area contributed by atoms with Crippen LogP contribution >= 0.6 is 11.8 Å². The molecule has 1 aliphatic rings. The lowest BCUT2D eigenvalue weighted by molar-refractivity contribution is -0.143. The Morgan fingerprint density at radius 3 is 2.61 bits per heavy atom. The van der Waals surface area contributed by atoms with Gasteiger partial charge in [-0.15, -0.1) is 11.8 Å². The van der Waals surface area contributed by atoms with Crippen LogP contribution in [0, 0.1) is 11.8 Å². The summed E-state index contributed by atoms with van der Waals surface area (Å²) in [5, 5.41) is 10.7. The van der Waals surface area contributed by atoms with Crippen molar-refractivity contribution in [2.75, 3.05) is 6.61 Å². The van der Waals surface area contributed by atoms with Crippen LogP contribution in [-0.2, 0) is 14.3 Å². The number of aliphatic hydroxyl groups is 1. The molecule has 1 fully saturated rings.